The molecule has 202 valence electrons. The average Bonchev–Trinajstić information content (AvgIpc) is 3.04. The number of nitrogens with zero attached hydrogens (tertiary/aromatic N) is 3. The molecule has 3 rings (SSSR count). The van der Waals surface area contributed by atoms with Crippen molar-refractivity contribution >= 4 is 59.5 Å². The van der Waals surface area contributed by atoms with Gasteiger partial charge in [-0.3, -0.25) is 19.3 Å². The summed E-state index contributed by atoms with van der Waals surface area (Å²) in [5, 5.41) is 12.1. The fourth-order valence-corrected chi connectivity index (χ4v) is 4.62. The molecule has 2 aromatic rings. The van der Waals surface area contributed by atoms with E-state index in [9.17, 15) is 24.3 Å². The summed E-state index contributed by atoms with van der Waals surface area (Å²) < 4.78 is 0. The molecule has 2 aromatic carbocycles. The van der Waals surface area contributed by atoms with Crippen molar-refractivity contribution in [2.75, 3.05) is 36.3 Å². The van der Waals surface area contributed by atoms with Crippen molar-refractivity contribution in [1.82, 2.24) is 10.2 Å². The van der Waals surface area contributed by atoms with E-state index >= 15 is 0 Å². The number of benzodiazepines with no additional fused rings is 1. The highest BCUT2D eigenvalue weighted by Crippen LogP contribution is 2.29. The highest BCUT2D eigenvalue weighted by atomic mass is 32.2. The molecule has 0 bridgehead atoms. The number of benzene rings is 2. The van der Waals surface area contributed by atoms with Gasteiger partial charge in [0.1, 0.15) is 12.6 Å². The van der Waals surface area contributed by atoms with Gasteiger partial charge < -0.3 is 21.1 Å². The Morgan fingerprint density at radius 3 is 2.47 bits per heavy atom. The van der Waals surface area contributed by atoms with Crippen LogP contribution < -0.4 is 16.0 Å². The van der Waals surface area contributed by atoms with Gasteiger partial charge in [-0.25, -0.2) is 9.79 Å². The molecule has 1 heterocycles. The molecule has 1 aliphatic rings. The van der Waals surface area contributed by atoms with Crippen molar-refractivity contribution in [2.45, 2.75) is 24.7 Å². The Hall–Kier alpha value is -3.35. The van der Waals surface area contributed by atoms with Crippen molar-refractivity contribution in [3.63, 3.8) is 0 Å². The molecule has 0 radical (unpaired) electrons. The van der Waals surface area contributed by atoms with E-state index < -0.39 is 48.5 Å². The smallest absolute Gasteiger partial charge is 0.326 e. The van der Waals surface area contributed by atoms with Crippen LogP contribution in [-0.4, -0.2) is 89.0 Å². The molecule has 0 saturated heterocycles. The van der Waals surface area contributed by atoms with Crippen LogP contribution in [0.1, 0.15) is 17.5 Å². The third-order valence-corrected chi connectivity index (χ3v) is 7.05. The summed E-state index contributed by atoms with van der Waals surface area (Å²) in [6.45, 7) is -0.465. The number of fused-ring (bicyclic) bond motifs is 1. The topological polar surface area (TPSA) is 145 Å². The lowest BCUT2D eigenvalue weighted by Gasteiger charge is -2.30. The first-order valence-electron chi connectivity index (χ1n) is 11.9. The molecule has 38 heavy (non-hydrogen) atoms. The Balaban J connectivity index is 2.07. The van der Waals surface area contributed by atoms with E-state index in [1.165, 1.54) is 23.7 Å². The van der Waals surface area contributed by atoms with E-state index in [4.69, 9.17) is 10.7 Å². The number of likely N-dealkylation sites (N-methyl/N-ethyl adjacent to an activating group) is 1. The second-order valence-electron chi connectivity index (χ2n) is 8.64. The Morgan fingerprint density at radius 1 is 1.18 bits per heavy atom. The number of nitrogens with one attached hydrogen (secondary N) is 1. The van der Waals surface area contributed by atoms with Crippen LogP contribution in [0.4, 0.5) is 5.69 Å². The van der Waals surface area contributed by atoms with Crippen LogP contribution in [0, 0.1) is 0 Å². The van der Waals surface area contributed by atoms with Crippen molar-refractivity contribution in [1.29, 1.82) is 0 Å². The number of hydrogen-bond donors (Lipinski definition) is 4. The highest BCUT2D eigenvalue weighted by molar-refractivity contribution is 7.98. The number of para-hydroxylation sites is 1. The standard InChI is InChI=1S/C26H31N5O5S2/c1-30(24(33)18(27)15-37)23-25(34)31(14-21(32)28-19(26(35)36)12-13-38-2)20-11-7-6-10-17(20)22(29-23)16-8-4-3-5-9-16/h3-11,18-19,23,37H,12-15,27H2,1-2H3,(H,28,32)(H,35,36)/t18-,19+,23+/m0/s1. The number of carboxylic acids is 1. The maximum Gasteiger partial charge on any atom is 0.326 e. The lowest BCUT2D eigenvalue weighted by atomic mass is 10.0. The number of rotatable bonds is 11. The lowest BCUT2D eigenvalue weighted by Crippen LogP contribution is -2.55. The Labute approximate surface area is 231 Å². The van der Waals surface area contributed by atoms with E-state index in [1.54, 1.807) is 24.3 Å². The monoisotopic (exact) mass is 557 g/mol. The molecular formula is C26H31N5O5S2. The van der Waals surface area contributed by atoms with Crippen LogP contribution in [0.25, 0.3) is 0 Å². The summed E-state index contributed by atoms with van der Waals surface area (Å²) in [4.78, 5) is 58.7. The number of amides is 3. The molecule has 0 aromatic heterocycles. The molecule has 0 spiro atoms. The van der Waals surface area contributed by atoms with E-state index in [-0.39, 0.29) is 12.2 Å². The zero-order valence-electron chi connectivity index (χ0n) is 21.1. The number of carboxylic acid groups (broad SMARTS) is 1. The number of carbonyl (C=O) groups is 4. The zero-order chi connectivity index (χ0) is 27.8. The fraction of sp³-hybridized carbons (Fsp3) is 0.346. The van der Waals surface area contributed by atoms with E-state index in [1.807, 2.05) is 36.6 Å². The van der Waals surface area contributed by atoms with Gasteiger partial charge in [0.15, 0.2) is 0 Å². The molecule has 3 atom stereocenters. The molecule has 12 heteroatoms. The third-order valence-electron chi connectivity index (χ3n) is 6.01. The maximum absolute atomic E-state index is 13.9. The Kier molecular flexibility index (Phi) is 10.3. The molecule has 3 amide bonds. The van der Waals surface area contributed by atoms with Gasteiger partial charge in [-0.05, 0) is 24.5 Å². The van der Waals surface area contributed by atoms with Gasteiger partial charge >= 0.3 is 5.97 Å². The van der Waals surface area contributed by atoms with E-state index in [0.29, 0.717) is 28.3 Å². The summed E-state index contributed by atoms with van der Waals surface area (Å²) in [5.74, 6) is -2.36. The number of hydrogen-bond acceptors (Lipinski definition) is 8. The zero-order valence-corrected chi connectivity index (χ0v) is 22.8. The highest BCUT2D eigenvalue weighted by Gasteiger charge is 2.38. The van der Waals surface area contributed by atoms with Crippen molar-refractivity contribution < 1.29 is 24.3 Å². The molecule has 0 saturated carbocycles. The molecule has 0 aliphatic carbocycles. The first kappa shape index (κ1) is 29.2. The van der Waals surface area contributed by atoms with Crippen molar-refractivity contribution in [2.24, 2.45) is 10.7 Å². The van der Waals surface area contributed by atoms with Gasteiger partial charge in [0.25, 0.3) is 5.91 Å². The summed E-state index contributed by atoms with van der Waals surface area (Å²) in [5.41, 5.74) is 8.08. The first-order chi connectivity index (χ1) is 18.2. The van der Waals surface area contributed by atoms with E-state index in [0.717, 1.165) is 4.90 Å². The molecule has 0 fully saturated rings. The predicted molar refractivity (Wildman–Crippen MR) is 152 cm³/mol. The maximum atomic E-state index is 13.9. The van der Waals surface area contributed by atoms with Crippen LogP contribution in [-0.2, 0) is 19.2 Å². The third kappa shape index (κ3) is 6.74. The summed E-state index contributed by atoms with van der Waals surface area (Å²) in [6.07, 6.45) is 0.751. The number of carbonyl (C=O) groups excluding carboxylic acids is 3. The summed E-state index contributed by atoms with van der Waals surface area (Å²) >= 11 is 5.57. The van der Waals surface area contributed by atoms with Crippen LogP contribution in [0.3, 0.4) is 0 Å². The van der Waals surface area contributed by atoms with Crippen LogP contribution in [0.2, 0.25) is 0 Å². The fourth-order valence-electron chi connectivity index (χ4n) is 3.99. The number of nitrogens with two attached hydrogens (primary N) is 1. The molecule has 4 N–H and O–H groups in total. The average molecular weight is 558 g/mol. The quantitative estimate of drug-likeness (QED) is 0.304. The first-order valence-corrected chi connectivity index (χ1v) is 13.9. The van der Waals surface area contributed by atoms with Crippen LogP contribution in [0.5, 0.6) is 0 Å². The van der Waals surface area contributed by atoms with Crippen molar-refractivity contribution in [3.05, 3.63) is 65.7 Å². The summed E-state index contributed by atoms with van der Waals surface area (Å²) in [7, 11) is 1.43. The minimum absolute atomic E-state index is 0.0678. The number of thiol groups is 1. The van der Waals surface area contributed by atoms with Gasteiger partial charge in [-0.15, -0.1) is 0 Å². The van der Waals surface area contributed by atoms with Gasteiger partial charge in [0.05, 0.1) is 17.4 Å². The summed E-state index contributed by atoms with van der Waals surface area (Å²) in [6, 6.07) is 14.1. The van der Waals surface area contributed by atoms with E-state index in [2.05, 4.69) is 17.9 Å². The van der Waals surface area contributed by atoms with Gasteiger partial charge in [-0.1, -0.05) is 48.5 Å². The lowest BCUT2D eigenvalue weighted by molar-refractivity contribution is -0.142. The molecular weight excluding hydrogens is 526 g/mol. The molecule has 10 nitrogen and oxygen atoms in total. The van der Waals surface area contributed by atoms with Gasteiger partial charge in [0.2, 0.25) is 18.0 Å². The van der Waals surface area contributed by atoms with Crippen LogP contribution in [0.15, 0.2) is 59.6 Å². The van der Waals surface area contributed by atoms with Gasteiger partial charge in [-0.2, -0.15) is 24.4 Å². The largest absolute Gasteiger partial charge is 0.480 e. The molecule has 0 unspecified atom stereocenters. The predicted octanol–water partition coefficient (Wildman–Crippen LogP) is 1.23. The number of anilines is 1. The second-order valence-corrected chi connectivity index (χ2v) is 9.99. The minimum Gasteiger partial charge on any atom is -0.480 e. The Bertz CT molecular complexity index is 1210. The number of aliphatic imine (C=N–C) groups is 1. The minimum atomic E-state index is -1.32. The number of thioether (sulfide) groups is 1. The van der Waals surface area contributed by atoms with Gasteiger partial charge in [0, 0.05) is 23.9 Å². The molecule has 1 aliphatic heterocycles. The normalized spacial score (nSPS) is 16.5. The number of aliphatic carboxylic acids is 1. The second kappa shape index (κ2) is 13.4. The Morgan fingerprint density at radius 2 is 1.84 bits per heavy atom. The SMILES string of the molecule is CSCC[C@@H](NC(=O)CN1C(=O)[C@@H](N(C)C(=O)[C@@H](N)CS)N=C(c2ccccc2)c2ccccc21)C(=O)O. The van der Waals surface area contributed by atoms with Crippen molar-refractivity contribution in [3.8, 4) is 0 Å². The van der Waals surface area contributed by atoms with Crippen LogP contribution >= 0.6 is 24.4 Å².